The van der Waals surface area contributed by atoms with Crippen molar-refractivity contribution in [2.45, 2.75) is 72.4 Å². The summed E-state index contributed by atoms with van der Waals surface area (Å²) in [6.45, 7) is 14.9. The van der Waals surface area contributed by atoms with Crippen LogP contribution in [0, 0.1) is 12.3 Å². The Kier molecular flexibility index (Phi) is 7.94. The van der Waals surface area contributed by atoms with E-state index in [1.54, 1.807) is 4.57 Å². The van der Waals surface area contributed by atoms with E-state index in [4.69, 9.17) is 5.41 Å². The number of hydrogen-bond donors (Lipinski definition) is 2. The maximum absolute atomic E-state index is 13.7. The molecule has 0 aliphatic heterocycles. The average Bonchev–Trinajstić information content (AvgIpc) is 3.05. The molecule has 0 radical (unpaired) electrons. The Bertz CT molecular complexity index is 1460. The standard InChI is InChI=1S/C31H37N3O2.BrH/c1-20-12-14-21(15-13-20)18-33-25-10-8-9-11-26(25)34(29(33)32)19-27(35)22-16-23(30(2,3)4)28(36)24(17-22)31(5,6)7;/h8-17,32,36H,18-19H2,1-7H3;1H/p-1. The van der Waals surface area contributed by atoms with E-state index in [2.05, 4.69) is 31.2 Å². The molecule has 1 aromatic heterocycles. The van der Waals surface area contributed by atoms with Crippen LogP contribution in [-0.2, 0) is 23.9 Å². The van der Waals surface area contributed by atoms with Crippen LogP contribution in [0.5, 0.6) is 5.75 Å². The number of Topliss-reactive ketones (excluding diaryl/α,β-unsaturated/α-hetero) is 1. The third-order valence-corrected chi connectivity index (χ3v) is 6.79. The van der Waals surface area contributed by atoms with E-state index in [0.717, 1.165) is 27.7 Å². The quantitative estimate of drug-likeness (QED) is 0.365. The summed E-state index contributed by atoms with van der Waals surface area (Å²) < 4.78 is 3.73. The molecule has 6 heteroatoms. The Labute approximate surface area is 230 Å². The number of carbonyl (C=O) groups is 1. The van der Waals surface area contributed by atoms with E-state index < -0.39 is 0 Å². The van der Waals surface area contributed by atoms with Crippen molar-refractivity contribution in [2.24, 2.45) is 0 Å². The number of hydrogen-bond acceptors (Lipinski definition) is 3. The molecular weight excluding hydrogens is 526 g/mol. The highest BCUT2D eigenvalue weighted by molar-refractivity contribution is 5.97. The predicted molar refractivity (Wildman–Crippen MR) is 146 cm³/mol. The minimum Gasteiger partial charge on any atom is -1.00 e. The molecule has 0 aliphatic carbocycles. The number of aromatic hydroxyl groups is 1. The molecule has 5 nitrogen and oxygen atoms in total. The Morgan fingerprint density at radius 3 is 1.81 bits per heavy atom. The zero-order chi connectivity index (χ0) is 26.4. The molecule has 0 fully saturated rings. The number of nitrogens with one attached hydrogen (secondary N) is 1. The molecule has 0 bridgehead atoms. The molecule has 196 valence electrons. The van der Waals surface area contributed by atoms with Gasteiger partial charge in [0.15, 0.2) is 5.78 Å². The van der Waals surface area contributed by atoms with Gasteiger partial charge in [-0.3, -0.25) is 10.2 Å². The van der Waals surface area contributed by atoms with Crippen molar-refractivity contribution >= 4 is 16.8 Å². The number of carbonyl (C=O) groups excluding carboxylic acids is 1. The summed E-state index contributed by atoms with van der Waals surface area (Å²) in [5, 5.41) is 20.0. The molecular formula is C31H37BrN3O2-. The fourth-order valence-corrected chi connectivity index (χ4v) is 4.66. The van der Waals surface area contributed by atoms with Gasteiger partial charge in [-0.15, -0.1) is 0 Å². The summed E-state index contributed by atoms with van der Waals surface area (Å²) in [4.78, 5) is 13.7. The third-order valence-electron chi connectivity index (χ3n) is 6.79. The van der Waals surface area contributed by atoms with Crippen molar-refractivity contribution in [3.05, 3.63) is 94.1 Å². The van der Waals surface area contributed by atoms with Gasteiger partial charge in [0.2, 0.25) is 5.62 Å². The van der Waals surface area contributed by atoms with Crippen LogP contribution in [0.15, 0.2) is 60.7 Å². The zero-order valence-corrected chi connectivity index (χ0v) is 24.4. The number of aromatic nitrogens is 2. The maximum Gasteiger partial charge on any atom is 0.203 e. The molecule has 2 N–H and O–H groups in total. The molecule has 0 amide bonds. The summed E-state index contributed by atoms with van der Waals surface area (Å²) in [5.74, 6) is 0.179. The topological polar surface area (TPSA) is 71.0 Å². The van der Waals surface area contributed by atoms with Crippen LogP contribution in [0.2, 0.25) is 0 Å². The lowest BCUT2D eigenvalue weighted by Gasteiger charge is -2.28. The molecule has 0 saturated heterocycles. The second kappa shape index (κ2) is 10.3. The van der Waals surface area contributed by atoms with Crippen molar-refractivity contribution in [1.29, 1.82) is 5.41 Å². The number of aryl methyl sites for hydroxylation is 1. The van der Waals surface area contributed by atoms with E-state index in [0.29, 0.717) is 12.1 Å². The van der Waals surface area contributed by atoms with Gasteiger partial charge in [-0.05, 0) is 47.6 Å². The van der Waals surface area contributed by atoms with Gasteiger partial charge in [0.25, 0.3) is 0 Å². The van der Waals surface area contributed by atoms with Crippen LogP contribution >= 0.6 is 0 Å². The van der Waals surface area contributed by atoms with Crippen molar-refractivity contribution in [3.8, 4) is 5.75 Å². The van der Waals surface area contributed by atoms with Gasteiger partial charge in [0, 0.05) is 16.7 Å². The highest BCUT2D eigenvalue weighted by Gasteiger charge is 2.28. The van der Waals surface area contributed by atoms with Gasteiger partial charge in [-0.2, -0.15) is 0 Å². The minimum atomic E-state index is -0.321. The SMILES string of the molecule is Cc1ccc(Cn2c(=N)n(CC(=O)c3cc(C(C)(C)C)c(O)c(C(C)(C)C)c3)c3ccccc32)cc1.[Br-]. The number of nitrogens with zero attached hydrogens (tertiary/aromatic N) is 2. The predicted octanol–water partition coefficient (Wildman–Crippen LogP) is 3.47. The number of halogens is 1. The number of para-hydroxylation sites is 2. The van der Waals surface area contributed by atoms with E-state index >= 15 is 0 Å². The zero-order valence-electron chi connectivity index (χ0n) is 22.8. The first-order chi connectivity index (χ1) is 16.8. The van der Waals surface area contributed by atoms with E-state index in [9.17, 15) is 9.90 Å². The largest absolute Gasteiger partial charge is 1.00 e. The second-order valence-electron chi connectivity index (χ2n) is 11.8. The molecule has 0 atom stereocenters. The highest BCUT2D eigenvalue weighted by Crippen LogP contribution is 2.40. The Hall–Kier alpha value is -3.12. The Balaban J connectivity index is 0.00000380. The van der Waals surface area contributed by atoms with Crippen LogP contribution in [0.4, 0.5) is 0 Å². The molecule has 3 aromatic carbocycles. The van der Waals surface area contributed by atoms with Gasteiger partial charge in [-0.25, -0.2) is 0 Å². The summed E-state index contributed by atoms with van der Waals surface area (Å²) in [6, 6.07) is 19.8. The molecule has 4 aromatic rings. The fraction of sp³-hybridized carbons (Fsp3) is 0.355. The Morgan fingerprint density at radius 1 is 0.838 bits per heavy atom. The van der Waals surface area contributed by atoms with Crippen molar-refractivity contribution in [2.75, 3.05) is 0 Å². The fourth-order valence-electron chi connectivity index (χ4n) is 4.66. The average molecular weight is 564 g/mol. The lowest BCUT2D eigenvalue weighted by molar-refractivity contribution is -0.0000177. The van der Waals surface area contributed by atoms with E-state index in [-0.39, 0.29) is 51.5 Å². The molecule has 0 unspecified atom stereocenters. The van der Waals surface area contributed by atoms with Crippen LogP contribution in [0.3, 0.4) is 0 Å². The van der Waals surface area contributed by atoms with Crippen LogP contribution in [0.25, 0.3) is 11.0 Å². The lowest BCUT2D eigenvalue weighted by atomic mass is 9.78. The number of ketones is 1. The van der Waals surface area contributed by atoms with Gasteiger partial charge in [0.05, 0.1) is 24.1 Å². The van der Waals surface area contributed by atoms with Crippen LogP contribution in [0.1, 0.15) is 74.2 Å². The summed E-state index contributed by atoms with van der Waals surface area (Å²) in [6.07, 6.45) is 0. The molecule has 0 spiro atoms. The number of phenolic OH excluding ortho intramolecular Hbond substituents is 1. The number of fused-ring (bicyclic) bond motifs is 1. The number of imidazole rings is 1. The molecule has 1 heterocycles. The van der Waals surface area contributed by atoms with Crippen LogP contribution < -0.4 is 22.6 Å². The summed E-state index contributed by atoms with van der Waals surface area (Å²) in [5.41, 5.74) is 5.81. The maximum atomic E-state index is 13.7. The van der Waals surface area contributed by atoms with Gasteiger partial charge in [0.1, 0.15) is 5.75 Å². The molecule has 0 saturated carbocycles. The van der Waals surface area contributed by atoms with Crippen molar-refractivity contribution < 1.29 is 26.9 Å². The first-order valence-corrected chi connectivity index (χ1v) is 12.5. The number of benzene rings is 3. The monoisotopic (exact) mass is 562 g/mol. The van der Waals surface area contributed by atoms with Crippen molar-refractivity contribution in [3.63, 3.8) is 0 Å². The first-order valence-electron chi connectivity index (χ1n) is 12.5. The summed E-state index contributed by atoms with van der Waals surface area (Å²) >= 11 is 0. The molecule has 4 rings (SSSR count). The smallest absolute Gasteiger partial charge is 0.203 e. The number of rotatable bonds is 5. The van der Waals surface area contributed by atoms with E-state index in [1.165, 1.54) is 5.56 Å². The van der Waals surface area contributed by atoms with Crippen molar-refractivity contribution in [1.82, 2.24) is 9.13 Å². The third kappa shape index (κ3) is 5.74. The minimum absolute atomic E-state index is 0. The Morgan fingerprint density at radius 2 is 1.32 bits per heavy atom. The normalized spacial score (nSPS) is 12.0. The van der Waals surface area contributed by atoms with Gasteiger partial charge in [-0.1, -0.05) is 83.5 Å². The van der Waals surface area contributed by atoms with Gasteiger partial charge >= 0.3 is 0 Å². The molecule has 0 aliphatic rings. The highest BCUT2D eigenvalue weighted by atomic mass is 79.9. The van der Waals surface area contributed by atoms with Crippen LogP contribution in [-0.4, -0.2) is 20.0 Å². The first kappa shape index (κ1) is 28.5. The summed E-state index contributed by atoms with van der Waals surface area (Å²) in [7, 11) is 0. The van der Waals surface area contributed by atoms with E-state index in [1.807, 2.05) is 82.5 Å². The second-order valence-corrected chi connectivity index (χ2v) is 11.8. The lowest BCUT2D eigenvalue weighted by Crippen LogP contribution is -3.00. The number of phenols is 1. The van der Waals surface area contributed by atoms with Gasteiger partial charge < -0.3 is 31.2 Å². The molecule has 37 heavy (non-hydrogen) atoms.